The van der Waals surface area contributed by atoms with Gasteiger partial charge in [-0.05, 0) is 6.07 Å². The summed E-state index contributed by atoms with van der Waals surface area (Å²) >= 11 is 0. The Morgan fingerprint density at radius 3 is 2.39 bits per heavy atom. The van der Waals surface area contributed by atoms with Gasteiger partial charge in [-0.2, -0.15) is 0 Å². The molecule has 1 fully saturated rings. The molecule has 1 aliphatic heterocycles. The number of rotatable bonds is 3. The van der Waals surface area contributed by atoms with Crippen LogP contribution >= 0.6 is 0 Å². The predicted molar refractivity (Wildman–Crippen MR) is 67.3 cm³/mol. The van der Waals surface area contributed by atoms with Crippen LogP contribution in [0.2, 0.25) is 0 Å². The summed E-state index contributed by atoms with van der Waals surface area (Å²) in [5.74, 6) is 1.01. The van der Waals surface area contributed by atoms with Crippen molar-refractivity contribution in [1.82, 2.24) is 0 Å². The highest BCUT2D eigenvalue weighted by Crippen LogP contribution is 2.44. The van der Waals surface area contributed by atoms with E-state index in [2.05, 4.69) is 9.88 Å². The minimum atomic E-state index is 0.353. The molecule has 1 aliphatic rings. The van der Waals surface area contributed by atoms with Crippen molar-refractivity contribution in [1.29, 1.82) is 5.39 Å². The van der Waals surface area contributed by atoms with Gasteiger partial charge in [-0.3, -0.25) is 0 Å². The number of hydrogen-bond acceptors (Lipinski definition) is 5. The first-order valence-electron chi connectivity index (χ1n) is 5.74. The smallest absolute Gasteiger partial charge is 0.430 e. The van der Waals surface area contributed by atoms with Gasteiger partial charge in [0.05, 0.1) is 33.1 Å². The van der Waals surface area contributed by atoms with E-state index in [1.54, 1.807) is 13.2 Å². The number of ether oxygens (including phenoxy) is 3. The molecule has 1 aromatic carbocycles. The van der Waals surface area contributed by atoms with E-state index in [9.17, 15) is 0 Å². The number of morpholine rings is 1. The molecule has 0 spiro atoms. The molecule has 0 amide bonds. The maximum absolute atomic E-state index is 8.93. The third-order valence-electron chi connectivity index (χ3n) is 2.94. The van der Waals surface area contributed by atoms with Crippen molar-refractivity contribution in [2.24, 2.45) is 0 Å². The van der Waals surface area contributed by atoms with Crippen molar-refractivity contribution in [3.8, 4) is 11.5 Å². The van der Waals surface area contributed by atoms with E-state index < -0.39 is 0 Å². The van der Waals surface area contributed by atoms with Crippen LogP contribution in [0.25, 0.3) is 4.98 Å². The van der Waals surface area contributed by atoms with Crippen molar-refractivity contribution in [2.45, 2.75) is 0 Å². The normalized spacial score (nSPS) is 15.1. The SMILES string of the molecule is COc1c([N+]#N)ccc(N2CCOCC2)c1OC. The molecule has 0 atom stereocenters. The molecule has 0 N–H and O–H groups in total. The van der Waals surface area contributed by atoms with Gasteiger partial charge in [-0.25, -0.2) is 0 Å². The van der Waals surface area contributed by atoms with E-state index in [1.165, 1.54) is 7.11 Å². The molecular formula is C12H16N3O3+. The van der Waals surface area contributed by atoms with E-state index in [1.807, 2.05) is 6.07 Å². The summed E-state index contributed by atoms with van der Waals surface area (Å²) in [6.07, 6.45) is 0. The molecule has 0 bridgehead atoms. The van der Waals surface area contributed by atoms with Crippen LogP contribution in [0.1, 0.15) is 0 Å². The quantitative estimate of drug-likeness (QED) is 0.768. The minimum Gasteiger partial charge on any atom is -0.491 e. The Morgan fingerprint density at radius 1 is 1.17 bits per heavy atom. The molecule has 1 aromatic rings. The number of nitrogens with zero attached hydrogens (tertiary/aromatic N) is 3. The second-order valence-electron chi connectivity index (χ2n) is 3.87. The number of anilines is 1. The summed E-state index contributed by atoms with van der Waals surface area (Å²) in [5.41, 5.74) is 1.27. The van der Waals surface area contributed by atoms with Crippen molar-refractivity contribution in [3.63, 3.8) is 0 Å². The van der Waals surface area contributed by atoms with Gasteiger partial charge in [0.15, 0.2) is 10.7 Å². The van der Waals surface area contributed by atoms with Gasteiger partial charge in [-0.15, -0.1) is 0 Å². The van der Waals surface area contributed by atoms with Gasteiger partial charge in [0.25, 0.3) is 5.75 Å². The highest BCUT2D eigenvalue weighted by Gasteiger charge is 2.26. The van der Waals surface area contributed by atoms with Crippen LogP contribution in [0.4, 0.5) is 11.4 Å². The molecule has 1 heterocycles. The molecule has 0 aliphatic carbocycles. The molecule has 6 nitrogen and oxygen atoms in total. The largest absolute Gasteiger partial charge is 0.491 e. The number of methoxy groups -OCH3 is 2. The Bertz CT molecular complexity index is 464. The van der Waals surface area contributed by atoms with Crippen LogP contribution in [0, 0.1) is 5.39 Å². The zero-order chi connectivity index (χ0) is 13.0. The van der Waals surface area contributed by atoms with E-state index in [0.717, 1.165) is 18.8 Å². The number of benzene rings is 1. The molecule has 1 saturated heterocycles. The zero-order valence-electron chi connectivity index (χ0n) is 10.5. The lowest BCUT2D eigenvalue weighted by atomic mass is 10.2. The summed E-state index contributed by atoms with van der Waals surface area (Å²) in [6, 6.07) is 3.56. The van der Waals surface area contributed by atoms with Crippen LogP contribution in [0.5, 0.6) is 11.5 Å². The molecule has 0 radical (unpaired) electrons. The first kappa shape index (κ1) is 12.5. The van der Waals surface area contributed by atoms with Crippen LogP contribution < -0.4 is 14.4 Å². The van der Waals surface area contributed by atoms with Crippen LogP contribution in [0.15, 0.2) is 12.1 Å². The topological polar surface area (TPSA) is 59.1 Å². The standard InChI is InChI=1S/C12H16N3O3/c1-16-11-9(14-13)3-4-10(12(11)17-2)15-5-7-18-8-6-15/h3-4H,5-8H2,1-2H3/q+1. The van der Waals surface area contributed by atoms with Crippen LogP contribution in [-0.2, 0) is 4.74 Å². The van der Waals surface area contributed by atoms with Crippen molar-refractivity contribution in [2.75, 3.05) is 45.4 Å². The van der Waals surface area contributed by atoms with Crippen molar-refractivity contribution in [3.05, 3.63) is 17.1 Å². The fourth-order valence-corrected chi connectivity index (χ4v) is 2.07. The van der Waals surface area contributed by atoms with Crippen molar-refractivity contribution < 1.29 is 14.2 Å². The lowest BCUT2D eigenvalue weighted by molar-refractivity contribution is 0.122. The third-order valence-corrected chi connectivity index (χ3v) is 2.94. The molecule has 18 heavy (non-hydrogen) atoms. The van der Waals surface area contributed by atoms with E-state index in [4.69, 9.17) is 19.6 Å². The average molecular weight is 250 g/mol. The Labute approximate surface area is 106 Å². The van der Waals surface area contributed by atoms with Gasteiger partial charge in [0.2, 0.25) is 5.39 Å². The first-order valence-corrected chi connectivity index (χ1v) is 5.74. The Hall–Kier alpha value is -2.00. The first-order chi connectivity index (χ1) is 8.81. The Morgan fingerprint density at radius 2 is 1.83 bits per heavy atom. The van der Waals surface area contributed by atoms with Gasteiger partial charge in [-0.1, -0.05) is 0 Å². The van der Waals surface area contributed by atoms with Crippen LogP contribution in [0.3, 0.4) is 0 Å². The van der Waals surface area contributed by atoms with Crippen molar-refractivity contribution >= 4 is 11.4 Å². The lowest BCUT2D eigenvalue weighted by Gasteiger charge is -2.30. The molecule has 2 rings (SSSR count). The minimum absolute atomic E-state index is 0.353. The highest BCUT2D eigenvalue weighted by molar-refractivity contribution is 5.75. The fraction of sp³-hybridized carbons (Fsp3) is 0.500. The Balaban J connectivity index is 2.44. The summed E-state index contributed by atoms with van der Waals surface area (Å²) in [4.78, 5) is 5.35. The Kier molecular flexibility index (Phi) is 3.85. The molecule has 0 aromatic heterocycles. The summed E-state index contributed by atoms with van der Waals surface area (Å²) in [6.45, 7) is 2.99. The lowest BCUT2D eigenvalue weighted by Crippen LogP contribution is -2.36. The summed E-state index contributed by atoms with van der Waals surface area (Å²) < 4.78 is 16.0. The van der Waals surface area contributed by atoms with Gasteiger partial charge < -0.3 is 19.1 Å². The van der Waals surface area contributed by atoms with E-state index in [0.29, 0.717) is 30.4 Å². The predicted octanol–water partition coefficient (Wildman–Crippen LogP) is 2.02. The zero-order valence-corrected chi connectivity index (χ0v) is 10.5. The maximum Gasteiger partial charge on any atom is 0.430 e. The highest BCUT2D eigenvalue weighted by atomic mass is 16.5. The molecule has 0 saturated carbocycles. The second kappa shape index (κ2) is 5.56. The molecule has 96 valence electrons. The summed E-state index contributed by atoms with van der Waals surface area (Å²) in [7, 11) is 3.10. The van der Waals surface area contributed by atoms with Gasteiger partial charge in [0.1, 0.15) is 0 Å². The van der Waals surface area contributed by atoms with E-state index in [-0.39, 0.29) is 0 Å². The van der Waals surface area contributed by atoms with Gasteiger partial charge >= 0.3 is 5.69 Å². The molecule has 0 unspecified atom stereocenters. The molecule has 6 heteroatoms. The number of hydrogen-bond donors (Lipinski definition) is 0. The summed E-state index contributed by atoms with van der Waals surface area (Å²) in [5, 5.41) is 8.93. The maximum atomic E-state index is 8.93. The van der Waals surface area contributed by atoms with Crippen LogP contribution in [-0.4, -0.2) is 40.5 Å². The van der Waals surface area contributed by atoms with Gasteiger partial charge in [0, 0.05) is 19.2 Å². The van der Waals surface area contributed by atoms with E-state index >= 15 is 0 Å². The number of diazo groups is 1. The fourth-order valence-electron chi connectivity index (χ4n) is 2.07. The third kappa shape index (κ3) is 2.17. The average Bonchev–Trinajstić information content (AvgIpc) is 2.46. The monoisotopic (exact) mass is 250 g/mol. The second-order valence-corrected chi connectivity index (χ2v) is 3.87. The molecular weight excluding hydrogens is 234 g/mol.